The van der Waals surface area contributed by atoms with Crippen LogP contribution >= 0.6 is 0 Å². The van der Waals surface area contributed by atoms with Gasteiger partial charge in [0.15, 0.2) is 0 Å². The number of hydrogen-bond acceptors (Lipinski definition) is 10. The van der Waals surface area contributed by atoms with Crippen molar-refractivity contribution in [2.45, 2.75) is 0 Å². The molecule has 3 N–H and O–H groups in total. The summed E-state index contributed by atoms with van der Waals surface area (Å²) in [5.74, 6) is -0.993. The molecule has 0 fully saturated rings. The molecule has 0 atom stereocenters. The van der Waals surface area contributed by atoms with Gasteiger partial charge in [-0.25, -0.2) is 9.78 Å². The van der Waals surface area contributed by atoms with Gasteiger partial charge in [0.25, 0.3) is 5.91 Å². The van der Waals surface area contributed by atoms with E-state index in [2.05, 4.69) is 20.3 Å². The molecule has 0 saturated heterocycles. The lowest BCUT2D eigenvalue weighted by Crippen LogP contribution is -2.14. The van der Waals surface area contributed by atoms with Crippen molar-refractivity contribution in [3.8, 4) is 29.1 Å². The van der Waals surface area contributed by atoms with Crippen LogP contribution in [-0.2, 0) is 4.74 Å². The van der Waals surface area contributed by atoms with E-state index >= 15 is 0 Å². The zero-order valence-electron chi connectivity index (χ0n) is 19.5. The maximum Gasteiger partial charge on any atom is 0.337 e. The Morgan fingerprint density at radius 3 is 2.50 bits per heavy atom. The molecule has 0 spiro atoms. The SMILES string of the molecule is COC(=O)c1cc(C#N)cc(Nc2c(C(N)=O)cnc3cc(-c4cnc(OC)nc4OC)ccc23)c1. The summed E-state index contributed by atoms with van der Waals surface area (Å²) in [7, 11) is 4.19. The quantitative estimate of drug-likeness (QED) is 0.372. The van der Waals surface area contributed by atoms with E-state index in [1.165, 1.54) is 45.7 Å². The fraction of sp³-hybridized carbons (Fsp3) is 0.120. The lowest BCUT2D eigenvalue weighted by Gasteiger charge is -2.15. The van der Waals surface area contributed by atoms with Crippen LogP contribution in [0, 0.1) is 11.3 Å². The number of ether oxygens (including phenoxy) is 3. The predicted octanol–water partition coefficient (Wildman–Crippen LogP) is 3.21. The number of nitrogens with two attached hydrogens (primary N) is 1. The van der Waals surface area contributed by atoms with Gasteiger partial charge in [-0.15, -0.1) is 0 Å². The second-order valence-electron chi connectivity index (χ2n) is 7.45. The average Bonchev–Trinajstić information content (AvgIpc) is 2.91. The van der Waals surface area contributed by atoms with E-state index in [0.29, 0.717) is 39.3 Å². The van der Waals surface area contributed by atoms with Crippen molar-refractivity contribution < 1.29 is 23.8 Å². The number of nitriles is 1. The Labute approximate surface area is 205 Å². The van der Waals surface area contributed by atoms with Crippen LogP contribution in [0.5, 0.6) is 11.9 Å². The largest absolute Gasteiger partial charge is 0.480 e. The first-order chi connectivity index (χ1) is 17.4. The molecule has 2 aromatic heterocycles. The molecule has 11 nitrogen and oxygen atoms in total. The van der Waals surface area contributed by atoms with Crippen molar-refractivity contribution in [2.75, 3.05) is 26.6 Å². The number of nitrogens with one attached hydrogen (secondary N) is 1. The van der Waals surface area contributed by atoms with Gasteiger partial charge in [-0.1, -0.05) is 12.1 Å². The Morgan fingerprint density at radius 1 is 1.03 bits per heavy atom. The molecule has 11 heteroatoms. The molecule has 0 aliphatic heterocycles. The van der Waals surface area contributed by atoms with Crippen LogP contribution in [0.4, 0.5) is 11.4 Å². The lowest BCUT2D eigenvalue weighted by molar-refractivity contribution is 0.0600. The Bertz CT molecular complexity index is 1550. The maximum absolute atomic E-state index is 12.2. The minimum absolute atomic E-state index is 0.127. The summed E-state index contributed by atoms with van der Waals surface area (Å²) < 4.78 is 15.2. The Hall–Kier alpha value is -5.24. The number of esters is 1. The van der Waals surface area contributed by atoms with Crippen molar-refractivity contribution in [2.24, 2.45) is 5.73 Å². The van der Waals surface area contributed by atoms with Crippen molar-refractivity contribution in [1.29, 1.82) is 5.26 Å². The number of pyridine rings is 1. The normalized spacial score (nSPS) is 10.4. The number of carbonyl (C=O) groups is 2. The van der Waals surface area contributed by atoms with E-state index in [4.69, 9.17) is 19.9 Å². The highest BCUT2D eigenvalue weighted by Crippen LogP contribution is 2.35. The van der Waals surface area contributed by atoms with E-state index in [1.54, 1.807) is 24.4 Å². The number of hydrogen-bond donors (Lipinski definition) is 2. The average molecular weight is 484 g/mol. The minimum Gasteiger partial charge on any atom is -0.480 e. The molecular weight excluding hydrogens is 464 g/mol. The first kappa shape index (κ1) is 23.9. The molecule has 0 radical (unpaired) electrons. The van der Waals surface area contributed by atoms with E-state index < -0.39 is 11.9 Å². The molecule has 2 heterocycles. The highest BCUT2D eigenvalue weighted by molar-refractivity contribution is 6.08. The number of benzene rings is 2. The number of carbonyl (C=O) groups excluding carboxylic acids is 2. The first-order valence-corrected chi connectivity index (χ1v) is 10.5. The molecule has 0 bridgehead atoms. The zero-order valence-corrected chi connectivity index (χ0v) is 19.5. The number of methoxy groups -OCH3 is 3. The van der Waals surface area contributed by atoms with Crippen LogP contribution in [0.25, 0.3) is 22.0 Å². The predicted molar refractivity (Wildman–Crippen MR) is 130 cm³/mol. The second kappa shape index (κ2) is 9.94. The van der Waals surface area contributed by atoms with Crippen molar-refractivity contribution in [3.63, 3.8) is 0 Å². The molecule has 0 unspecified atom stereocenters. The molecule has 1 amide bonds. The molecular formula is C25H20N6O5. The van der Waals surface area contributed by atoms with Crippen LogP contribution < -0.4 is 20.5 Å². The van der Waals surface area contributed by atoms with E-state index in [1.807, 2.05) is 6.07 Å². The van der Waals surface area contributed by atoms with Crippen molar-refractivity contribution in [1.82, 2.24) is 15.0 Å². The van der Waals surface area contributed by atoms with Crippen LogP contribution in [0.15, 0.2) is 48.8 Å². The maximum atomic E-state index is 12.2. The summed E-state index contributed by atoms with van der Waals surface area (Å²) in [6.45, 7) is 0. The van der Waals surface area contributed by atoms with Gasteiger partial charge < -0.3 is 25.3 Å². The second-order valence-corrected chi connectivity index (χ2v) is 7.45. The van der Waals surface area contributed by atoms with Gasteiger partial charge >= 0.3 is 12.0 Å². The number of primary amides is 1. The van der Waals surface area contributed by atoms with Gasteiger partial charge in [0.2, 0.25) is 5.88 Å². The van der Waals surface area contributed by atoms with Crippen LogP contribution in [0.2, 0.25) is 0 Å². The van der Waals surface area contributed by atoms with Gasteiger partial charge in [0.05, 0.1) is 60.9 Å². The summed E-state index contributed by atoms with van der Waals surface area (Å²) in [4.78, 5) is 37.0. The molecule has 180 valence electrons. The molecule has 36 heavy (non-hydrogen) atoms. The van der Waals surface area contributed by atoms with Crippen LogP contribution in [0.3, 0.4) is 0 Å². The van der Waals surface area contributed by atoms with Gasteiger partial charge in [-0.3, -0.25) is 9.78 Å². The molecule has 0 aliphatic carbocycles. The number of rotatable bonds is 7. The molecule has 4 aromatic rings. The smallest absolute Gasteiger partial charge is 0.337 e. The third-order valence-electron chi connectivity index (χ3n) is 5.31. The third kappa shape index (κ3) is 4.55. The first-order valence-electron chi connectivity index (χ1n) is 10.5. The summed E-state index contributed by atoms with van der Waals surface area (Å²) in [5, 5.41) is 13.1. The van der Waals surface area contributed by atoms with Gasteiger partial charge in [0, 0.05) is 23.5 Å². The van der Waals surface area contributed by atoms with Crippen LogP contribution in [0.1, 0.15) is 26.3 Å². The van der Waals surface area contributed by atoms with E-state index in [0.717, 1.165) is 0 Å². The molecule has 4 rings (SSSR count). The summed E-state index contributed by atoms with van der Waals surface area (Å²) in [6, 6.07) is 12.0. The Balaban J connectivity index is 1.85. The fourth-order valence-corrected chi connectivity index (χ4v) is 3.63. The molecule has 2 aromatic carbocycles. The zero-order chi connectivity index (χ0) is 25.8. The third-order valence-corrected chi connectivity index (χ3v) is 5.31. The number of amides is 1. The number of aromatic nitrogens is 3. The monoisotopic (exact) mass is 484 g/mol. The summed E-state index contributed by atoms with van der Waals surface area (Å²) in [6.07, 6.45) is 2.93. The molecule has 0 saturated carbocycles. The van der Waals surface area contributed by atoms with E-state index in [9.17, 15) is 14.9 Å². The van der Waals surface area contributed by atoms with Crippen LogP contribution in [-0.4, -0.2) is 48.2 Å². The fourth-order valence-electron chi connectivity index (χ4n) is 3.63. The topological polar surface area (TPSA) is 162 Å². The number of nitrogens with zero attached hydrogens (tertiary/aromatic N) is 4. The highest BCUT2D eigenvalue weighted by Gasteiger charge is 2.17. The number of fused-ring (bicyclic) bond motifs is 1. The molecule has 0 aliphatic rings. The standard InChI is InChI=1S/C25H20N6O5/c1-34-23-18(11-29-25(31-23)36-3)14-4-5-17-20(9-14)28-12-19(22(27)32)21(17)30-16-7-13(10-26)6-15(8-16)24(33)35-2/h4-9,11-12H,1-3H3,(H2,27,32)(H,28,30). The lowest BCUT2D eigenvalue weighted by atomic mass is 10.0. The van der Waals surface area contributed by atoms with Gasteiger partial charge in [0.1, 0.15) is 0 Å². The summed E-state index contributed by atoms with van der Waals surface area (Å²) >= 11 is 0. The minimum atomic E-state index is -0.703. The van der Waals surface area contributed by atoms with Crippen molar-refractivity contribution >= 4 is 34.2 Å². The highest BCUT2D eigenvalue weighted by atomic mass is 16.5. The Kier molecular flexibility index (Phi) is 6.60. The number of anilines is 2. The Morgan fingerprint density at radius 2 is 1.83 bits per heavy atom. The summed E-state index contributed by atoms with van der Waals surface area (Å²) in [5.41, 5.74) is 8.75. The van der Waals surface area contributed by atoms with E-state index in [-0.39, 0.29) is 22.7 Å². The van der Waals surface area contributed by atoms with Gasteiger partial charge in [-0.2, -0.15) is 10.2 Å². The van der Waals surface area contributed by atoms with Gasteiger partial charge in [-0.05, 0) is 29.8 Å². The van der Waals surface area contributed by atoms with Crippen molar-refractivity contribution in [3.05, 3.63) is 65.5 Å².